The number of nitrogens with two attached hydrogens (primary N) is 1. The number of carbonyl (C=O) groups is 2. The first-order valence-electron chi connectivity index (χ1n) is 4.83. The van der Waals surface area contributed by atoms with Crippen LogP contribution >= 0.6 is 0 Å². The van der Waals surface area contributed by atoms with Crippen LogP contribution in [-0.2, 0) is 9.59 Å². The first-order valence-corrected chi connectivity index (χ1v) is 4.83. The molecule has 0 aliphatic heterocycles. The van der Waals surface area contributed by atoms with Gasteiger partial charge in [0.15, 0.2) is 0 Å². The molecule has 0 aromatic carbocycles. The van der Waals surface area contributed by atoms with Crippen LogP contribution in [0.2, 0.25) is 0 Å². The number of hydrogen-bond donors (Lipinski definition) is 3. The van der Waals surface area contributed by atoms with E-state index in [4.69, 9.17) is 10.8 Å². The van der Waals surface area contributed by atoms with Gasteiger partial charge in [0.1, 0.15) is 6.04 Å². The molecule has 1 amide bonds. The van der Waals surface area contributed by atoms with Crippen LogP contribution in [0.4, 0.5) is 0 Å². The minimum atomic E-state index is -1.10. The highest BCUT2D eigenvalue weighted by atomic mass is 16.4. The number of amides is 1. The molecule has 82 valence electrons. The third kappa shape index (κ3) is 6.42. The second kappa shape index (κ2) is 7.32. The van der Waals surface area contributed by atoms with E-state index < -0.39 is 12.0 Å². The highest BCUT2D eigenvalue weighted by molar-refractivity contribution is 5.78. The molecule has 0 heterocycles. The Morgan fingerprint density at radius 1 is 1.43 bits per heavy atom. The van der Waals surface area contributed by atoms with Gasteiger partial charge >= 0.3 is 5.97 Å². The number of nitrogens with one attached hydrogen (secondary N) is 1. The fourth-order valence-corrected chi connectivity index (χ4v) is 0.935. The Balaban J connectivity index is 3.48. The first-order chi connectivity index (χ1) is 6.57. The molecule has 4 N–H and O–H groups in total. The van der Waals surface area contributed by atoms with Crippen LogP contribution < -0.4 is 11.1 Å². The summed E-state index contributed by atoms with van der Waals surface area (Å²) in [5.41, 5.74) is 5.21. The first kappa shape index (κ1) is 12.9. The monoisotopic (exact) mass is 202 g/mol. The zero-order chi connectivity index (χ0) is 11.0. The average Bonchev–Trinajstić information content (AvgIpc) is 2.14. The largest absolute Gasteiger partial charge is 0.480 e. The summed E-state index contributed by atoms with van der Waals surface area (Å²) in [7, 11) is 0. The number of aliphatic carboxylic acids is 1. The van der Waals surface area contributed by atoms with Crippen molar-refractivity contribution in [2.45, 2.75) is 38.6 Å². The highest BCUT2D eigenvalue weighted by Gasteiger charge is 2.11. The third-order valence-corrected chi connectivity index (χ3v) is 1.84. The highest BCUT2D eigenvalue weighted by Crippen LogP contribution is 1.97. The molecule has 0 rings (SSSR count). The van der Waals surface area contributed by atoms with Gasteiger partial charge in [-0.05, 0) is 6.42 Å². The van der Waals surface area contributed by atoms with E-state index in [0.717, 1.165) is 19.3 Å². The van der Waals surface area contributed by atoms with Gasteiger partial charge in [-0.25, -0.2) is 0 Å². The summed E-state index contributed by atoms with van der Waals surface area (Å²) >= 11 is 0. The predicted molar refractivity (Wildman–Crippen MR) is 52.8 cm³/mol. The predicted octanol–water partition coefficient (Wildman–Crippen LogP) is 0.0948. The quantitative estimate of drug-likeness (QED) is 0.510. The van der Waals surface area contributed by atoms with Gasteiger partial charge in [0.25, 0.3) is 0 Å². The molecular weight excluding hydrogens is 184 g/mol. The Morgan fingerprint density at radius 2 is 2.07 bits per heavy atom. The van der Waals surface area contributed by atoms with E-state index in [1.165, 1.54) is 0 Å². The second-order valence-electron chi connectivity index (χ2n) is 3.21. The van der Waals surface area contributed by atoms with Crippen molar-refractivity contribution in [1.29, 1.82) is 0 Å². The lowest BCUT2D eigenvalue weighted by Crippen LogP contribution is -2.42. The number of carboxylic acids is 1. The summed E-state index contributed by atoms with van der Waals surface area (Å²) in [6.45, 7) is 2.05. The molecular formula is C9H18N2O3. The Kier molecular flexibility index (Phi) is 6.74. The fourth-order valence-electron chi connectivity index (χ4n) is 0.935. The van der Waals surface area contributed by atoms with Gasteiger partial charge in [-0.15, -0.1) is 0 Å². The van der Waals surface area contributed by atoms with Gasteiger partial charge in [0.2, 0.25) is 5.91 Å². The molecule has 0 radical (unpaired) electrons. The van der Waals surface area contributed by atoms with Crippen LogP contribution in [0.3, 0.4) is 0 Å². The van der Waals surface area contributed by atoms with E-state index in [0.29, 0.717) is 6.42 Å². The number of unbranched alkanes of at least 4 members (excludes halogenated alkanes) is 2. The summed E-state index contributed by atoms with van der Waals surface area (Å²) in [5.74, 6) is -1.23. The molecule has 0 bridgehead atoms. The van der Waals surface area contributed by atoms with Crippen LogP contribution in [0, 0.1) is 0 Å². The Labute approximate surface area is 83.7 Å². The number of carboxylic acid groups (broad SMARTS) is 1. The minimum Gasteiger partial charge on any atom is -0.480 e. The smallest absolute Gasteiger partial charge is 0.322 e. The van der Waals surface area contributed by atoms with Gasteiger partial charge in [0, 0.05) is 13.0 Å². The van der Waals surface area contributed by atoms with Crippen molar-refractivity contribution in [3.05, 3.63) is 0 Å². The maximum absolute atomic E-state index is 11.1. The van der Waals surface area contributed by atoms with Crippen molar-refractivity contribution in [3.63, 3.8) is 0 Å². The minimum absolute atomic E-state index is 0.000289. The molecule has 0 aromatic heterocycles. The molecule has 0 unspecified atom stereocenters. The van der Waals surface area contributed by atoms with E-state index in [1.54, 1.807) is 0 Å². The SMILES string of the molecule is CCCCCC(=O)NC[C@H](N)C(=O)O. The Morgan fingerprint density at radius 3 is 2.57 bits per heavy atom. The molecule has 0 aromatic rings. The van der Waals surface area contributed by atoms with E-state index in [2.05, 4.69) is 12.2 Å². The molecule has 0 saturated heterocycles. The van der Waals surface area contributed by atoms with E-state index in [1.807, 2.05) is 0 Å². The molecule has 5 heteroatoms. The van der Waals surface area contributed by atoms with Crippen molar-refractivity contribution >= 4 is 11.9 Å². The van der Waals surface area contributed by atoms with Gasteiger partial charge in [-0.3, -0.25) is 9.59 Å². The molecule has 5 nitrogen and oxygen atoms in total. The lowest BCUT2D eigenvalue weighted by molar-refractivity contribution is -0.138. The summed E-state index contributed by atoms with van der Waals surface area (Å²) in [6.07, 6.45) is 3.35. The number of rotatable bonds is 7. The molecule has 0 aliphatic carbocycles. The normalized spacial score (nSPS) is 12.1. The van der Waals surface area contributed by atoms with Crippen LogP contribution in [-0.4, -0.2) is 29.6 Å². The number of hydrogen-bond acceptors (Lipinski definition) is 3. The van der Waals surface area contributed by atoms with Crippen molar-refractivity contribution in [2.24, 2.45) is 5.73 Å². The van der Waals surface area contributed by atoms with Gasteiger partial charge in [-0.1, -0.05) is 19.8 Å². The molecule has 0 saturated carbocycles. The summed E-state index contributed by atoms with van der Waals surface area (Å²) < 4.78 is 0. The van der Waals surface area contributed by atoms with Gasteiger partial charge in [0.05, 0.1) is 0 Å². The second-order valence-corrected chi connectivity index (χ2v) is 3.21. The Bertz CT molecular complexity index is 194. The molecule has 1 atom stereocenters. The van der Waals surface area contributed by atoms with E-state index in [-0.39, 0.29) is 12.5 Å². The van der Waals surface area contributed by atoms with Crippen LogP contribution in [0.1, 0.15) is 32.6 Å². The lowest BCUT2D eigenvalue weighted by atomic mass is 10.2. The van der Waals surface area contributed by atoms with Crippen molar-refractivity contribution in [1.82, 2.24) is 5.32 Å². The lowest BCUT2D eigenvalue weighted by Gasteiger charge is -2.07. The van der Waals surface area contributed by atoms with Crippen molar-refractivity contribution < 1.29 is 14.7 Å². The average molecular weight is 202 g/mol. The topological polar surface area (TPSA) is 92.4 Å². The standard InChI is InChI=1S/C9H18N2O3/c1-2-3-4-5-8(12)11-6-7(10)9(13)14/h7H,2-6,10H2,1H3,(H,11,12)(H,13,14)/t7-/m0/s1. The summed E-state index contributed by atoms with van der Waals surface area (Å²) in [5, 5.41) is 10.9. The van der Waals surface area contributed by atoms with Gasteiger partial charge in [-0.2, -0.15) is 0 Å². The van der Waals surface area contributed by atoms with Crippen molar-refractivity contribution in [2.75, 3.05) is 6.54 Å². The van der Waals surface area contributed by atoms with Crippen LogP contribution in [0.25, 0.3) is 0 Å². The molecule has 0 aliphatic rings. The fraction of sp³-hybridized carbons (Fsp3) is 0.778. The third-order valence-electron chi connectivity index (χ3n) is 1.84. The van der Waals surface area contributed by atoms with Crippen molar-refractivity contribution in [3.8, 4) is 0 Å². The van der Waals surface area contributed by atoms with E-state index in [9.17, 15) is 9.59 Å². The molecule has 0 spiro atoms. The zero-order valence-electron chi connectivity index (χ0n) is 8.45. The van der Waals surface area contributed by atoms with Gasteiger partial charge < -0.3 is 16.2 Å². The maximum atomic E-state index is 11.1. The molecule has 14 heavy (non-hydrogen) atoms. The van der Waals surface area contributed by atoms with E-state index >= 15 is 0 Å². The van der Waals surface area contributed by atoms with Crippen LogP contribution in [0.5, 0.6) is 0 Å². The molecule has 0 fully saturated rings. The summed E-state index contributed by atoms with van der Waals surface area (Å²) in [6, 6.07) is -1.01. The van der Waals surface area contributed by atoms with Crippen LogP contribution in [0.15, 0.2) is 0 Å². The Hall–Kier alpha value is -1.10. The summed E-state index contributed by atoms with van der Waals surface area (Å²) in [4.78, 5) is 21.4. The maximum Gasteiger partial charge on any atom is 0.322 e. The number of carbonyl (C=O) groups excluding carboxylic acids is 1. The zero-order valence-corrected chi connectivity index (χ0v) is 8.45.